The highest BCUT2D eigenvalue weighted by atomic mass is 35.5. The molecule has 5 N–H and O–H groups in total. The first-order chi connectivity index (χ1) is 17.3. The van der Waals surface area contributed by atoms with Gasteiger partial charge in [0.2, 0.25) is 0 Å². The maximum Gasteiger partial charge on any atom is 0.404 e. The van der Waals surface area contributed by atoms with E-state index in [1.54, 1.807) is 0 Å². The van der Waals surface area contributed by atoms with Gasteiger partial charge in [0.1, 0.15) is 0 Å². The summed E-state index contributed by atoms with van der Waals surface area (Å²) in [6.07, 6.45) is 3.96. The lowest BCUT2D eigenvalue weighted by Gasteiger charge is -2.38. The number of aliphatic hydroxyl groups excluding tert-OH is 1. The van der Waals surface area contributed by atoms with Gasteiger partial charge in [0, 0.05) is 37.1 Å². The number of halogens is 1. The van der Waals surface area contributed by atoms with Gasteiger partial charge in [-0.3, -0.25) is 0 Å². The molecule has 9 nitrogen and oxygen atoms in total. The maximum atomic E-state index is 13.3. The maximum absolute atomic E-state index is 13.3. The number of piperidine rings is 1. The van der Waals surface area contributed by atoms with Gasteiger partial charge in [-0.1, -0.05) is 30.5 Å². The molecule has 3 rings (SSSR count). The third-order valence-electron chi connectivity index (χ3n) is 7.42. The Balaban J connectivity index is 1.70. The van der Waals surface area contributed by atoms with Crippen molar-refractivity contribution < 1.29 is 24.5 Å². The molecule has 1 aliphatic heterocycles. The summed E-state index contributed by atoms with van der Waals surface area (Å²) >= 11 is 6.30. The second-order valence-corrected chi connectivity index (χ2v) is 10.5. The molecule has 202 valence electrons. The number of carboxylic acid groups (broad SMARTS) is 1. The Morgan fingerprint density at radius 1 is 1.19 bits per heavy atom. The number of benzene rings is 1. The van der Waals surface area contributed by atoms with E-state index in [4.69, 9.17) is 21.4 Å². The fourth-order valence-electron chi connectivity index (χ4n) is 5.54. The number of likely N-dealkylation sites (N-methyl/N-ethyl adjacent to an activating group) is 1. The topological polar surface area (TPSA) is 123 Å². The third-order valence-corrected chi connectivity index (χ3v) is 7.66. The van der Waals surface area contributed by atoms with E-state index < -0.39 is 12.2 Å². The number of hydrogen-bond donors (Lipinski definition) is 5. The molecule has 36 heavy (non-hydrogen) atoms. The van der Waals surface area contributed by atoms with Crippen LogP contribution in [0.25, 0.3) is 0 Å². The fourth-order valence-corrected chi connectivity index (χ4v) is 5.72. The molecule has 10 heteroatoms. The van der Waals surface area contributed by atoms with Crippen LogP contribution in [0.1, 0.15) is 55.8 Å². The quantitative estimate of drug-likeness (QED) is 0.282. The Kier molecular flexibility index (Phi) is 11.1. The van der Waals surface area contributed by atoms with Crippen molar-refractivity contribution in [1.29, 1.82) is 0 Å². The first-order valence-electron chi connectivity index (χ1n) is 13.0. The number of aryl methyl sites for hydroxylation is 1. The number of amides is 3. The smallest absolute Gasteiger partial charge is 0.404 e. The normalized spacial score (nSPS) is 21.1. The Hall–Kier alpha value is -2.07. The van der Waals surface area contributed by atoms with Crippen molar-refractivity contribution in [2.24, 2.45) is 11.8 Å². The van der Waals surface area contributed by atoms with Crippen LogP contribution < -0.4 is 16.0 Å². The van der Waals surface area contributed by atoms with E-state index in [9.17, 15) is 14.7 Å². The number of hydrogen-bond acceptors (Lipinski definition) is 5. The minimum atomic E-state index is -1.09. The van der Waals surface area contributed by atoms with Crippen LogP contribution in [0, 0.1) is 18.8 Å². The van der Waals surface area contributed by atoms with Gasteiger partial charge in [-0.2, -0.15) is 0 Å². The molecule has 1 saturated heterocycles. The summed E-state index contributed by atoms with van der Waals surface area (Å²) in [6, 6.07) is 5.15. The molecule has 1 aromatic carbocycles. The van der Waals surface area contributed by atoms with Gasteiger partial charge in [0.15, 0.2) is 0 Å². The summed E-state index contributed by atoms with van der Waals surface area (Å²) in [6.45, 7) is 4.02. The van der Waals surface area contributed by atoms with Crippen LogP contribution in [0.2, 0.25) is 5.02 Å². The summed E-state index contributed by atoms with van der Waals surface area (Å²) < 4.78 is 6.21. The van der Waals surface area contributed by atoms with Gasteiger partial charge in [0.05, 0.1) is 24.9 Å². The van der Waals surface area contributed by atoms with Gasteiger partial charge in [-0.15, -0.1) is 0 Å². The molecule has 2 unspecified atom stereocenters. The van der Waals surface area contributed by atoms with Crippen LogP contribution in [0.15, 0.2) is 18.2 Å². The molecule has 1 heterocycles. The standard InChI is InChI=1S/C26H41ClN4O5/c1-17-9-10-20(27)14-21(17)24(36-13-11-29-26(34)35)19-8-5-12-31(16-19)25(33)30-22(15-28-2)23(32)18-6-3-4-7-18/h9-10,14,18-19,22-24,28-29,32H,3-8,11-13,15-16H2,1-2H3,(H,30,33)(H,34,35)/t19-,22?,23?,24-/m1/s1. The van der Waals surface area contributed by atoms with Crippen molar-refractivity contribution >= 4 is 23.7 Å². The van der Waals surface area contributed by atoms with E-state index in [0.717, 1.165) is 49.7 Å². The summed E-state index contributed by atoms with van der Waals surface area (Å²) in [7, 11) is 1.83. The van der Waals surface area contributed by atoms with E-state index in [1.807, 2.05) is 37.1 Å². The molecule has 1 aliphatic carbocycles. The number of nitrogens with one attached hydrogen (secondary N) is 3. The molecule has 1 aromatic rings. The molecular formula is C26H41ClN4O5. The lowest BCUT2D eigenvalue weighted by atomic mass is 9.86. The predicted molar refractivity (Wildman–Crippen MR) is 139 cm³/mol. The van der Waals surface area contributed by atoms with Gasteiger partial charge in [-0.05, 0) is 68.8 Å². The molecule has 4 atom stereocenters. The van der Waals surface area contributed by atoms with Crippen LogP contribution in [-0.2, 0) is 4.74 Å². The molecule has 0 radical (unpaired) electrons. The molecule has 2 fully saturated rings. The van der Waals surface area contributed by atoms with Gasteiger partial charge >= 0.3 is 12.1 Å². The van der Waals surface area contributed by atoms with Crippen LogP contribution in [0.5, 0.6) is 0 Å². The van der Waals surface area contributed by atoms with E-state index in [1.165, 1.54) is 0 Å². The summed E-state index contributed by atoms with van der Waals surface area (Å²) in [4.78, 5) is 26.0. The molecule has 2 aliphatic rings. The monoisotopic (exact) mass is 524 g/mol. The first-order valence-corrected chi connectivity index (χ1v) is 13.4. The predicted octanol–water partition coefficient (Wildman–Crippen LogP) is 3.53. The minimum absolute atomic E-state index is 0.0222. The highest BCUT2D eigenvalue weighted by Crippen LogP contribution is 2.36. The molecular weight excluding hydrogens is 484 g/mol. The second-order valence-electron chi connectivity index (χ2n) is 10.0. The van der Waals surface area contributed by atoms with Gasteiger partial charge in [-0.25, -0.2) is 9.59 Å². The number of aliphatic hydroxyl groups is 1. The summed E-state index contributed by atoms with van der Waals surface area (Å²) in [5.41, 5.74) is 1.99. The number of carbonyl (C=O) groups is 2. The number of rotatable bonds is 11. The Morgan fingerprint density at radius 2 is 1.92 bits per heavy atom. The van der Waals surface area contributed by atoms with Crippen LogP contribution in [0.4, 0.5) is 9.59 Å². The van der Waals surface area contributed by atoms with Gasteiger partial charge < -0.3 is 35.8 Å². The largest absolute Gasteiger partial charge is 0.465 e. The number of carbonyl (C=O) groups excluding carboxylic acids is 1. The zero-order chi connectivity index (χ0) is 26.1. The van der Waals surface area contributed by atoms with Crippen LogP contribution in [0.3, 0.4) is 0 Å². The van der Waals surface area contributed by atoms with Crippen LogP contribution in [-0.4, -0.2) is 79.2 Å². The first kappa shape index (κ1) is 28.5. The highest BCUT2D eigenvalue weighted by Gasteiger charge is 2.35. The summed E-state index contributed by atoms with van der Waals surface area (Å²) in [5, 5.41) is 29.0. The van der Waals surface area contributed by atoms with Gasteiger partial charge in [0.25, 0.3) is 0 Å². The molecule has 3 amide bonds. The Labute approximate surface area is 218 Å². The van der Waals surface area contributed by atoms with Crippen molar-refractivity contribution in [1.82, 2.24) is 20.9 Å². The number of likely N-dealkylation sites (tertiary alicyclic amines) is 1. The van der Waals surface area contributed by atoms with E-state index in [-0.39, 0.29) is 43.2 Å². The zero-order valence-electron chi connectivity index (χ0n) is 21.3. The SMILES string of the molecule is CNCC(NC(=O)N1CCC[C@@H]([C@@H](OCCNC(=O)O)c2cc(Cl)ccc2C)C1)C(O)C1CCCC1. The van der Waals surface area contributed by atoms with Crippen molar-refractivity contribution in [3.8, 4) is 0 Å². The Morgan fingerprint density at radius 3 is 2.61 bits per heavy atom. The lowest BCUT2D eigenvalue weighted by molar-refractivity contribution is -0.00941. The second kappa shape index (κ2) is 14.0. The molecule has 0 bridgehead atoms. The van der Waals surface area contributed by atoms with Crippen molar-refractivity contribution in [2.75, 3.05) is 39.8 Å². The van der Waals surface area contributed by atoms with E-state index >= 15 is 0 Å². The van der Waals surface area contributed by atoms with Crippen molar-refractivity contribution in [3.63, 3.8) is 0 Å². The average molecular weight is 525 g/mol. The highest BCUT2D eigenvalue weighted by molar-refractivity contribution is 6.30. The fraction of sp³-hybridized carbons (Fsp3) is 0.692. The molecule has 1 saturated carbocycles. The average Bonchev–Trinajstić information content (AvgIpc) is 3.40. The number of ether oxygens (including phenoxy) is 1. The lowest BCUT2D eigenvalue weighted by Crippen LogP contribution is -2.56. The minimum Gasteiger partial charge on any atom is -0.465 e. The summed E-state index contributed by atoms with van der Waals surface area (Å²) in [5.74, 6) is 0.245. The zero-order valence-corrected chi connectivity index (χ0v) is 22.1. The van der Waals surface area contributed by atoms with E-state index in [2.05, 4.69) is 16.0 Å². The molecule has 0 aromatic heterocycles. The van der Waals surface area contributed by atoms with E-state index in [0.29, 0.717) is 24.7 Å². The third kappa shape index (κ3) is 7.96. The number of urea groups is 1. The molecule has 0 spiro atoms. The number of nitrogens with zero attached hydrogens (tertiary/aromatic N) is 1. The van der Waals surface area contributed by atoms with Crippen molar-refractivity contribution in [2.45, 2.75) is 63.7 Å². The van der Waals surface area contributed by atoms with Crippen LogP contribution >= 0.6 is 11.6 Å². The Bertz CT molecular complexity index is 867. The van der Waals surface area contributed by atoms with Crippen molar-refractivity contribution in [3.05, 3.63) is 34.3 Å².